The van der Waals surface area contributed by atoms with E-state index in [0.717, 1.165) is 64.0 Å². The summed E-state index contributed by atoms with van der Waals surface area (Å²) in [7, 11) is 0. The number of Topliss-reactive ketones (excluding diaryl/α,β-unsaturated/α-hetero) is 1. The maximum absolute atomic E-state index is 13.8. The second-order valence-electron chi connectivity index (χ2n) is 9.10. The zero-order valence-corrected chi connectivity index (χ0v) is 19.6. The van der Waals surface area contributed by atoms with E-state index in [9.17, 15) is 14.4 Å². The van der Waals surface area contributed by atoms with Crippen molar-refractivity contribution in [2.75, 3.05) is 38.2 Å². The second kappa shape index (κ2) is 11.4. The minimum Gasteiger partial charge on any atom is -0.379 e. The SMILES string of the molecule is O=CCNc1ccccc1C(=O)C1(NC(=O)c2ccc(CN3CCOCC3)cc2)CCCCC1. The van der Waals surface area contributed by atoms with Crippen molar-refractivity contribution < 1.29 is 19.1 Å². The lowest BCUT2D eigenvalue weighted by Gasteiger charge is -2.37. The number of carbonyl (C=O) groups excluding carboxylic acids is 3. The molecule has 4 rings (SSSR count). The minimum atomic E-state index is -0.944. The van der Waals surface area contributed by atoms with Crippen molar-refractivity contribution in [2.24, 2.45) is 0 Å². The molecule has 7 nitrogen and oxygen atoms in total. The first-order valence-electron chi connectivity index (χ1n) is 12.1. The van der Waals surface area contributed by atoms with Crippen LogP contribution in [0.4, 0.5) is 5.69 Å². The van der Waals surface area contributed by atoms with Crippen LogP contribution in [0.3, 0.4) is 0 Å². The van der Waals surface area contributed by atoms with Gasteiger partial charge in [-0.1, -0.05) is 43.5 Å². The molecule has 2 N–H and O–H groups in total. The zero-order chi connectivity index (χ0) is 23.8. The number of ether oxygens (including phenoxy) is 1. The first kappa shape index (κ1) is 24.1. The Kier molecular flexibility index (Phi) is 8.08. The van der Waals surface area contributed by atoms with E-state index in [0.29, 0.717) is 29.7 Å². The monoisotopic (exact) mass is 463 g/mol. The molecule has 0 spiro atoms. The largest absolute Gasteiger partial charge is 0.379 e. The lowest BCUT2D eigenvalue weighted by Crippen LogP contribution is -2.55. The van der Waals surface area contributed by atoms with Crippen LogP contribution in [0, 0.1) is 0 Å². The molecular weight excluding hydrogens is 430 g/mol. The highest BCUT2D eigenvalue weighted by Crippen LogP contribution is 2.33. The Hall–Kier alpha value is -3.03. The van der Waals surface area contributed by atoms with Crippen LogP contribution in [0.5, 0.6) is 0 Å². The molecule has 1 saturated carbocycles. The molecule has 1 saturated heterocycles. The number of amides is 1. The highest BCUT2D eigenvalue weighted by Gasteiger charge is 2.42. The fourth-order valence-corrected chi connectivity index (χ4v) is 4.88. The molecule has 2 aliphatic rings. The van der Waals surface area contributed by atoms with Gasteiger partial charge in [0.2, 0.25) is 0 Å². The molecule has 180 valence electrons. The molecular formula is C27H33N3O4. The molecule has 0 atom stereocenters. The maximum atomic E-state index is 13.8. The smallest absolute Gasteiger partial charge is 0.252 e. The van der Waals surface area contributed by atoms with E-state index >= 15 is 0 Å². The number of anilines is 1. The summed E-state index contributed by atoms with van der Waals surface area (Å²) in [5.74, 6) is -0.329. The van der Waals surface area contributed by atoms with Crippen LogP contribution < -0.4 is 10.6 Å². The molecule has 1 aliphatic carbocycles. The van der Waals surface area contributed by atoms with Gasteiger partial charge in [0.05, 0.1) is 19.8 Å². The Bertz CT molecular complexity index is 993. The average Bonchev–Trinajstić information content (AvgIpc) is 2.89. The van der Waals surface area contributed by atoms with Crippen molar-refractivity contribution in [1.29, 1.82) is 0 Å². The number of aldehydes is 1. The second-order valence-corrected chi connectivity index (χ2v) is 9.10. The van der Waals surface area contributed by atoms with Crippen molar-refractivity contribution in [2.45, 2.75) is 44.2 Å². The lowest BCUT2D eigenvalue weighted by atomic mass is 9.76. The predicted octanol–water partition coefficient (Wildman–Crippen LogP) is 3.45. The fourth-order valence-electron chi connectivity index (χ4n) is 4.88. The van der Waals surface area contributed by atoms with Gasteiger partial charge in [0.15, 0.2) is 5.78 Å². The van der Waals surface area contributed by atoms with Crippen molar-refractivity contribution >= 4 is 23.7 Å². The van der Waals surface area contributed by atoms with E-state index in [1.165, 1.54) is 0 Å². The van der Waals surface area contributed by atoms with Crippen molar-refractivity contribution in [3.8, 4) is 0 Å². The summed E-state index contributed by atoms with van der Waals surface area (Å²) in [5.41, 5.74) is 1.88. The van der Waals surface area contributed by atoms with Gasteiger partial charge in [-0.25, -0.2) is 0 Å². The van der Waals surface area contributed by atoms with Gasteiger partial charge in [0, 0.05) is 36.4 Å². The quantitative estimate of drug-likeness (QED) is 0.438. The predicted molar refractivity (Wildman–Crippen MR) is 131 cm³/mol. The van der Waals surface area contributed by atoms with E-state index in [2.05, 4.69) is 15.5 Å². The molecule has 0 unspecified atom stereocenters. The Labute approximate surface area is 200 Å². The number of nitrogens with one attached hydrogen (secondary N) is 2. The van der Waals surface area contributed by atoms with Gasteiger partial charge >= 0.3 is 0 Å². The molecule has 1 aliphatic heterocycles. The normalized spacial score (nSPS) is 18.1. The van der Waals surface area contributed by atoms with Gasteiger partial charge < -0.3 is 20.2 Å². The first-order valence-corrected chi connectivity index (χ1v) is 12.1. The summed E-state index contributed by atoms with van der Waals surface area (Å²) in [5, 5.41) is 6.13. The molecule has 0 radical (unpaired) electrons. The number of benzene rings is 2. The minimum absolute atomic E-state index is 0.0986. The number of hydrogen-bond acceptors (Lipinski definition) is 6. The standard InChI is InChI=1S/C27H33N3O4/c31-17-14-28-24-7-3-2-6-23(24)25(32)27(12-4-1-5-13-27)29-26(33)22-10-8-21(9-11-22)20-30-15-18-34-19-16-30/h2-3,6-11,17,28H,1,4-5,12-16,18-20H2,(H,29,33). The third-order valence-corrected chi connectivity index (χ3v) is 6.77. The van der Waals surface area contributed by atoms with Crippen molar-refractivity contribution in [3.05, 3.63) is 65.2 Å². The topological polar surface area (TPSA) is 87.7 Å². The van der Waals surface area contributed by atoms with Gasteiger partial charge in [-0.15, -0.1) is 0 Å². The van der Waals surface area contributed by atoms with Crippen LogP contribution in [0.15, 0.2) is 48.5 Å². The summed E-state index contributed by atoms with van der Waals surface area (Å²) in [6.45, 7) is 4.29. The number of ketones is 1. The number of nitrogens with zero attached hydrogens (tertiary/aromatic N) is 1. The molecule has 2 aromatic carbocycles. The van der Waals surface area contributed by atoms with E-state index in [4.69, 9.17) is 4.74 Å². The van der Waals surface area contributed by atoms with Crippen molar-refractivity contribution in [3.63, 3.8) is 0 Å². The third-order valence-electron chi connectivity index (χ3n) is 6.77. The summed E-state index contributed by atoms with van der Waals surface area (Å²) in [6, 6.07) is 14.8. The number of carbonyl (C=O) groups is 3. The van der Waals surface area contributed by atoms with Crippen molar-refractivity contribution in [1.82, 2.24) is 10.2 Å². The number of rotatable bonds is 9. The Balaban J connectivity index is 1.50. The van der Waals surface area contributed by atoms with Crippen LogP contribution in [-0.4, -0.2) is 61.3 Å². The van der Waals surface area contributed by atoms with Gasteiger partial charge in [-0.2, -0.15) is 0 Å². The zero-order valence-electron chi connectivity index (χ0n) is 19.6. The van der Waals surface area contributed by atoms with Crippen LogP contribution in [0.2, 0.25) is 0 Å². The molecule has 0 bridgehead atoms. The Morgan fingerprint density at radius 1 is 0.971 bits per heavy atom. The molecule has 2 fully saturated rings. The summed E-state index contributed by atoms with van der Waals surface area (Å²) >= 11 is 0. The fraction of sp³-hybridized carbons (Fsp3) is 0.444. The molecule has 1 heterocycles. The van der Waals surface area contributed by atoms with E-state index in [-0.39, 0.29) is 18.2 Å². The van der Waals surface area contributed by atoms with E-state index in [1.807, 2.05) is 36.4 Å². The van der Waals surface area contributed by atoms with Crippen LogP contribution in [-0.2, 0) is 16.1 Å². The number of hydrogen-bond donors (Lipinski definition) is 2. The molecule has 2 aromatic rings. The molecule has 34 heavy (non-hydrogen) atoms. The molecule has 7 heteroatoms. The lowest BCUT2D eigenvalue weighted by molar-refractivity contribution is -0.106. The van der Waals surface area contributed by atoms with E-state index in [1.54, 1.807) is 12.1 Å². The summed E-state index contributed by atoms with van der Waals surface area (Å²) in [6.07, 6.45) is 4.79. The number of morpholine rings is 1. The van der Waals surface area contributed by atoms with Crippen LogP contribution in [0.1, 0.15) is 58.4 Å². The Morgan fingerprint density at radius 3 is 2.38 bits per heavy atom. The molecule has 1 amide bonds. The summed E-state index contributed by atoms with van der Waals surface area (Å²) in [4.78, 5) is 40.2. The van der Waals surface area contributed by atoms with Gasteiger partial charge in [0.25, 0.3) is 5.91 Å². The third kappa shape index (κ3) is 5.72. The van der Waals surface area contributed by atoms with Crippen LogP contribution >= 0.6 is 0 Å². The first-order chi connectivity index (χ1) is 16.6. The maximum Gasteiger partial charge on any atom is 0.252 e. The highest BCUT2D eigenvalue weighted by atomic mass is 16.5. The number of para-hydroxylation sites is 1. The van der Waals surface area contributed by atoms with Gasteiger partial charge in [-0.05, 0) is 42.7 Å². The summed E-state index contributed by atoms with van der Waals surface area (Å²) < 4.78 is 5.41. The average molecular weight is 464 g/mol. The molecule has 0 aromatic heterocycles. The van der Waals surface area contributed by atoms with E-state index < -0.39 is 5.54 Å². The van der Waals surface area contributed by atoms with Gasteiger partial charge in [0.1, 0.15) is 11.8 Å². The van der Waals surface area contributed by atoms with Crippen LogP contribution in [0.25, 0.3) is 0 Å². The Morgan fingerprint density at radius 2 is 1.68 bits per heavy atom. The van der Waals surface area contributed by atoms with Gasteiger partial charge in [-0.3, -0.25) is 14.5 Å². The highest BCUT2D eigenvalue weighted by molar-refractivity contribution is 6.10.